The molecule has 1 heterocycles. The number of benzene rings is 2. The Bertz CT molecular complexity index is 699. The Morgan fingerprint density at radius 2 is 1.50 bits per heavy atom. The normalized spacial score (nSPS) is 10.8. The third-order valence-electron chi connectivity index (χ3n) is 3.45. The molecule has 0 N–H and O–H groups in total. The van der Waals surface area contributed by atoms with Crippen molar-refractivity contribution in [3.05, 3.63) is 66.4 Å². The summed E-state index contributed by atoms with van der Waals surface area (Å²) in [5.74, 6) is 0. The third-order valence-corrected chi connectivity index (χ3v) is 3.45. The second kappa shape index (κ2) is 4.26. The average Bonchev–Trinajstić information content (AvgIpc) is 2.40. The summed E-state index contributed by atoms with van der Waals surface area (Å²) in [5.41, 5.74) is 3.89. The molecule has 0 saturated carbocycles. The maximum Gasteiger partial charge on any atom is 0.215 e. The van der Waals surface area contributed by atoms with Crippen molar-refractivity contribution in [3.8, 4) is 11.3 Å². The molecule has 1 heteroatoms. The van der Waals surface area contributed by atoms with Crippen LogP contribution in [0.2, 0.25) is 0 Å². The summed E-state index contributed by atoms with van der Waals surface area (Å²) in [6.07, 6.45) is 2.20. The van der Waals surface area contributed by atoms with Gasteiger partial charge in [-0.1, -0.05) is 36.4 Å². The van der Waals surface area contributed by atoms with E-state index in [0.717, 1.165) is 0 Å². The van der Waals surface area contributed by atoms with Crippen LogP contribution in [0.4, 0.5) is 0 Å². The van der Waals surface area contributed by atoms with Crippen LogP contribution < -0.4 is 4.57 Å². The zero-order chi connectivity index (χ0) is 12.5. The summed E-state index contributed by atoms with van der Waals surface area (Å²) in [5, 5.41) is 2.62. The summed E-state index contributed by atoms with van der Waals surface area (Å²) < 4.78 is 2.22. The van der Waals surface area contributed by atoms with Gasteiger partial charge in [0.1, 0.15) is 7.05 Å². The third kappa shape index (κ3) is 1.68. The van der Waals surface area contributed by atoms with Crippen LogP contribution in [0.1, 0.15) is 5.56 Å². The number of rotatable bonds is 1. The van der Waals surface area contributed by atoms with Gasteiger partial charge in [0.2, 0.25) is 5.69 Å². The van der Waals surface area contributed by atoms with E-state index in [0.29, 0.717) is 0 Å². The molecule has 0 amide bonds. The van der Waals surface area contributed by atoms with Gasteiger partial charge in [-0.05, 0) is 30.5 Å². The van der Waals surface area contributed by atoms with E-state index in [1.807, 2.05) is 0 Å². The first-order valence-corrected chi connectivity index (χ1v) is 6.21. The smallest absolute Gasteiger partial charge is 0.200 e. The van der Waals surface area contributed by atoms with Gasteiger partial charge >= 0.3 is 0 Å². The Morgan fingerprint density at radius 1 is 0.833 bits per heavy atom. The van der Waals surface area contributed by atoms with E-state index in [2.05, 4.69) is 79.3 Å². The Labute approximate surface area is 107 Å². The molecule has 0 saturated heterocycles. The summed E-state index contributed by atoms with van der Waals surface area (Å²) in [4.78, 5) is 0. The quantitative estimate of drug-likeness (QED) is 0.566. The first kappa shape index (κ1) is 11.0. The fourth-order valence-electron chi connectivity index (χ4n) is 2.63. The van der Waals surface area contributed by atoms with Gasteiger partial charge < -0.3 is 0 Å². The van der Waals surface area contributed by atoms with Crippen LogP contribution in [0.15, 0.2) is 60.8 Å². The van der Waals surface area contributed by atoms with E-state index in [9.17, 15) is 0 Å². The van der Waals surface area contributed by atoms with E-state index in [-0.39, 0.29) is 0 Å². The number of aromatic nitrogens is 1. The number of aryl methyl sites for hydroxylation is 2. The van der Waals surface area contributed by atoms with Gasteiger partial charge in [-0.2, -0.15) is 0 Å². The molecule has 3 aromatic rings. The lowest BCUT2D eigenvalue weighted by molar-refractivity contribution is -0.659. The Morgan fingerprint density at radius 3 is 2.28 bits per heavy atom. The predicted octanol–water partition coefficient (Wildman–Crippen LogP) is 3.64. The van der Waals surface area contributed by atoms with Crippen molar-refractivity contribution in [2.45, 2.75) is 6.92 Å². The second-order valence-corrected chi connectivity index (χ2v) is 4.67. The van der Waals surface area contributed by atoms with E-state index in [4.69, 9.17) is 0 Å². The number of pyridine rings is 1. The molecule has 0 atom stereocenters. The van der Waals surface area contributed by atoms with Gasteiger partial charge in [0.05, 0.1) is 0 Å². The lowest BCUT2D eigenvalue weighted by atomic mass is 10.0. The number of hydrogen-bond acceptors (Lipinski definition) is 0. The van der Waals surface area contributed by atoms with Gasteiger partial charge in [-0.3, -0.25) is 0 Å². The summed E-state index contributed by atoms with van der Waals surface area (Å²) >= 11 is 0. The van der Waals surface area contributed by atoms with E-state index in [1.54, 1.807) is 0 Å². The maximum atomic E-state index is 2.22. The SMILES string of the molecule is Cc1c(-c2ccccc2)[n+](C)cc2ccccc12. The highest BCUT2D eigenvalue weighted by atomic mass is 14.9. The minimum absolute atomic E-state index is 1.27. The Hall–Kier alpha value is -2.15. The molecule has 1 nitrogen and oxygen atoms in total. The van der Waals surface area contributed by atoms with Crippen LogP contribution in [0.5, 0.6) is 0 Å². The first-order valence-electron chi connectivity index (χ1n) is 6.21. The summed E-state index contributed by atoms with van der Waals surface area (Å²) in [7, 11) is 2.11. The van der Waals surface area contributed by atoms with E-state index in [1.165, 1.54) is 27.6 Å². The molecule has 88 valence electrons. The molecular formula is C17H16N+. The van der Waals surface area contributed by atoms with E-state index >= 15 is 0 Å². The second-order valence-electron chi connectivity index (χ2n) is 4.67. The van der Waals surface area contributed by atoms with Crippen LogP contribution in [0, 0.1) is 6.92 Å². The fourth-order valence-corrected chi connectivity index (χ4v) is 2.63. The molecule has 0 aliphatic heterocycles. The van der Waals surface area contributed by atoms with E-state index < -0.39 is 0 Å². The van der Waals surface area contributed by atoms with Gasteiger partial charge in [-0.15, -0.1) is 0 Å². The molecule has 0 spiro atoms. The number of fused-ring (bicyclic) bond motifs is 1. The Balaban J connectivity index is 2.37. The van der Waals surface area contributed by atoms with Crippen molar-refractivity contribution in [1.82, 2.24) is 0 Å². The van der Waals surface area contributed by atoms with Crippen LogP contribution in [-0.2, 0) is 7.05 Å². The van der Waals surface area contributed by atoms with Gasteiger partial charge in [0.25, 0.3) is 0 Å². The topological polar surface area (TPSA) is 3.88 Å². The molecule has 0 aliphatic carbocycles. The van der Waals surface area contributed by atoms with Crippen molar-refractivity contribution in [2.75, 3.05) is 0 Å². The van der Waals surface area contributed by atoms with Crippen LogP contribution in [0.25, 0.3) is 22.0 Å². The number of nitrogens with zero attached hydrogens (tertiary/aromatic N) is 1. The Kier molecular flexibility index (Phi) is 2.60. The molecule has 0 radical (unpaired) electrons. The molecule has 0 bridgehead atoms. The molecule has 2 aromatic carbocycles. The molecule has 0 aliphatic rings. The highest BCUT2D eigenvalue weighted by molar-refractivity contribution is 5.87. The van der Waals surface area contributed by atoms with Crippen molar-refractivity contribution < 1.29 is 4.57 Å². The van der Waals surface area contributed by atoms with Crippen molar-refractivity contribution in [1.29, 1.82) is 0 Å². The highest BCUT2D eigenvalue weighted by Crippen LogP contribution is 2.25. The fraction of sp³-hybridized carbons (Fsp3) is 0.118. The van der Waals surface area contributed by atoms with Crippen LogP contribution in [0.3, 0.4) is 0 Å². The minimum atomic E-state index is 1.27. The van der Waals surface area contributed by atoms with Gasteiger partial charge in [0, 0.05) is 16.5 Å². The summed E-state index contributed by atoms with van der Waals surface area (Å²) in [6.45, 7) is 2.20. The zero-order valence-electron chi connectivity index (χ0n) is 10.7. The standard InChI is InChI=1S/C17H16N/c1-13-16-11-7-6-10-15(16)12-18(2)17(13)14-8-4-3-5-9-14/h3-12H,1-2H3/q+1. The molecule has 0 unspecified atom stereocenters. The van der Waals surface area contributed by atoms with Gasteiger partial charge in [0.15, 0.2) is 6.20 Å². The molecule has 3 rings (SSSR count). The zero-order valence-corrected chi connectivity index (χ0v) is 10.7. The maximum absolute atomic E-state index is 2.22. The average molecular weight is 234 g/mol. The van der Waals surface area contributed by atoms with Crippen molar-refractivity contribution in [3.63, 3.8) is 0 Å². The van der Waals surface area contributed by atoms with Crippen molar-refractivity contribution >= 4 is 10.8 Å². The molecule has 1 aromatic heterocycles. The molecular weight excluding hydrogens is 218 g/mol. The highest BCUT2D eigenvalue weighted by Gasteiger charge is 2.16. The number of hydrogen-bond donors (Lipinski definition) is 0. The molecule has 0 fully saturated rings. The first-order chi connectivity index (χ1) is 8.77. The predicted molar refractivity (Wildman–Crippen MR) is 75.3 cm³/mol. The lowest BCUT2D eigenvalue weighted by Crippen LogP contribution is -2.31. The van der Waals surface area contributed by atoms with Crippen LogP contribution >= 0.6 is 0 Å². The van der Waals surface area contributed by atoms with Crippen LogP contribution in [-0.4, -0.2) is 0 Å². The largest absolute Gasteiger partial charge is 0.215 e. The monoisotopic (exact) mass is 234 g/mol. The molecule has 18 heavy (non-hydrogen) atoms. The van der Waals surface area contributed by atoms with Gasteiger partial charge in [-0.25, -0.2) is 4.57 Å². The summed E-state index contributed by atoms with van der Waals surface area (Å²) in [6, 6.07) is 19.1. The minimum Gasteiger partial charge on any atom is -0.200 e. The lowest BCUT2D eigenvalue weighted by Gasteiger charge is -2.07. The van der Waals surface area contributed by atoms with Crippen molar-refractivity contribution in [2.24, 2.45) is 7.05 Å².